The number of carbonyl (C=O) groups excluding carboxylic acids is 5. The average molecular weight is 991 g/mol. The fourth-order valence-electron chi connectivity index (χ4n) is 8.69. The molecule has 2 saturated heterocycles. The minimum atomic E-state index is -3.53. The van der Waals surface area contributed by atoms with Crippen molar-refractivity contribution in [1.82, 2.24) is 0 Å². The first-order valence-corrected chi connectivity index (χ1v) is 25.1. The number of hydrogen-bond acceptors (Lipinski definition) is 16. The average Bonchev–Trinajstić information content (AvgIpc) is 3.46. The van der Waals surface area contributed by atoms with Crippen molar-refractivity contribution in [2.75, 3.05) is 13.7 Å². The van der Waals surface area contributed by atoms with Crippen molar-refractivity contribution < 1.29 is 76.4 Å². The van der Waals surface area contributed by atoms with Gasteiger partial charge >= 0.3 is 30.0 Å². The number of rotatable bonds is 26. The van der Waals surface area contributed by atoms with E-state index in [0.717, 1.165) is 31.2 Å². The highest BCUT2D eigenvalue weighted by Crippen LogP contribution is 2.59. The van der Waals surface area contributed by atoms with Gasteiger partial charge in [-0.1, -0.05) is 109 Å². The van der Waals surface area contributed by atoms with E-state index in [1.165, 1.54) is 102 Å². The zero-order chi connectivity index (χ0) is 52.9. The van der Waals surface area contributed by atoms with Crippen LogP contribution < -0.4 is 0 Å². The van der Waals surface area contributed by atoms with Gasteiger partial charge in [0.05, 0.1) is 6.61 Å². The van der Waals surface area contributed by atoms with Crippen molar-refractivity contribution in [3.05, 3.63) is 48.0 Å². The smallest absolute Gasteiger partial charge is 0.458 e. The Labute approximate surface area is 417 Å². The highest BCUT2D eigenvalue weighted by atomic mass is 16.8. The lowest BCUT2D eigenvalue weighted by atomic mass is 9.74. The van der Waals surface area contributed by atoms with Gasteiger partial charge in [-0.3, -0.25) is 4.79 Å². The van der Waals surface area contributed by atoms with Gasteiger partial charge in [-0.05, 0) is 107 Å². The highest BCUT2D eigenvalue weighted by Gasteiger charge is 2.87. The molecule has 3 rings (SSSR count). The molecule has 2 heterocycles. The van der Waals surface area contributed by atoms with Gasteiger partial charge in [0, 0.05) is 26.4 Å². The van der Waals surface area contributed by atoms with E-state index in [-0.39, 0.29) is 25.4 Å². The Balaban J connectivity index is 2.29. The van der Waals surface area contributed by atoms with Gasteiger partial charge in [0.1, 0.15) is 22.9 Å². The van der Waals surface area contributed by atoms with Gasteiger partial charge < -0.3 is 52.5 Å². The molecule has 70 heavy (non-hydrogen) atoms. The van der Waals surface area contributed by atoms with Gasteiger partial charge in [0.2, 0.25) is 17.5 Å². The molecule has 2 unspecified atom stereocenters. The lowest BCUT2D eigenvalue weighted by molar-refractivity contribution is -0.387. The summed E-state index contributed by atoms with van der Waals surface area (Å²) in [5.74, 6) is -9.22. The first-order valence-electron chi connectivity index (χ1n) is 25.1. The van der Waals surface area contributed by atoms with E-state index in [0.29, 0.717) is 18.4 Å². The quantitative estimate of drug-likeness (QED) is 0.0302. The summed E-state index contributed by atoms with van der Waals surface area (Å²) in [7, 11) is 1.34. The molecular weight excluding hydrogens is 905 g/mol. The van der Waals surface area contributed by atoms with Crippen molar-refractivity contribution >= 4 is 30.0 Å². The molecule has 2 bridgehead atoms. The number of unbranched alkanes of at least 4 members (excludes halogenated alkanes) is 9. The Morgan fingerprint density at radius 1 is 0.757 bits per heavy atom. The van der Waals surface area contributed by atoms with E-state index in [1.54, 1.807) is 20.8 Å². The van der Waals surface area contributed by atoms with Crippen LogP contribution in [0.4, 0.5) is 4.79 Å². The van der Waals surface area contributed by atoms with Crippen molar-refractivity contribution in [2.24, 2.45) is 5.92 Å². The van der Waals surface area contributed by atoms with Crippen LogP contribution >= 0.6 is 0 Å². The van der Waals surface area contributed by atoms with E-state index < -0.39 is 94.0 Å². The van der Waals surface area contributed by atoms with Gasteiger partial charge in [-0.15, -0.1) is 0 Å². The minimum absolute atomic E-state index is 0.0749. The molecule has 1 aromatic rings. The standard InChI is InChI=1S/C54H86O16/c1-17-18-19-20-21-22-23-24-25-29-34-62-47(59)64-42-41(65-51(14,15)61-16)52(33-32-36(2)40(63-38(4)55)37(3)35-39-30-27-26-28-31-39)66-43(44(56)67-48(5,6)7)53(60,45(57)68-49(8,9)10)54(42,70-52)46(58)69-50(11,12)13/h26-28,30-31,37,40-43,60H,2,17-25,29,32-35H2,1,3-16H3/t37?,40?,41-,42-,43-,52-,53-,54-/m1/s1. The molecule has 1 aromatic carbocycles. The first kappa shape index (κ1) is 60.2. The van der Waals surface area contributed by atoms with Crippen LogP contribution in [0.2, 0.25) is 0 Å². The van der Waals surface area contributed by atoms with Crippen LogP contribution in [0.5, 0.6) is 0 Å². The van der Waals surface area contributed by atoms with Crippen LogP contribution in [0.1, 0.15) is 180 Å². The molecule has 0 amide bonds. The summed E-state index contributed by atoms with van der Waals surface area (Å²) in [5.41, 5.74) is -9.36. The third-order valence-electron chi connectivity index (χ3n) is 12.0. The predicted octanol–water partition coefficient (Wildman–Crippen LogP) is 9.96. The molecule has 0 aromatic heterocycles. The van der Waals surface area contributed by atoms with Crippen molar-refractivity contribution in [3.8, 4) is 0 Å². The number of esters is 4. The van der Waals surface area contributed by atoms with Crippen LogP contribution in [-0.2, 0) is 73.0 Å². The molecule has 0 saturated carbocycles. The molecular formula is C54H86O16. The molecule has 16 heteroatoms. The molecule has 0 aliphatic carbocycles. The molecule has 1 N–H and O–H groups in total. The van der Waals surface area contributed by atoms with Crippen molar-refractivity contribution in [2.45, 2.75) is 244 Å². The van der Waals surface area contributed by atoms with E-state index in [4.69, 9.17) is 47.4 Å². The van der Waals surface area contributed by atoms with Crippen LogP contribution in [0.15, 0.2) is 42.5 Å². The zero-order valence-electron chi connectivity index (χ0n) is 45.0. The topological polar surface area (TPSA) is 198 Å². The molecule has 8 atom stereocenters. The molecule has 0 radical (unpaired) electrons. The van der Waals surface area contributed by atoms with Crippen molar-refractivity contribution in [3.63, 3.8) is 0 Å². The second-order valence-electron chi connectivity index (χ2n) is 22.3. The van der Waals surface area contributed by atoms with Crippen LogP contribution in [0.3, 0.4) is 0 Å². The minimum Gasteiger partial charge on any atom is -0.458 e. The van der Waals surface area contributed by atoms with Gasteiger partial charge in [0.15, 0.2) is 18.0 Å². The Hall–Kier alpha value is -4.09. The summed E-state index contributed by atoms with van der Waals surface area (Å²) >= 11 is 0. The Bertz CT molecular complexity index is 1890. The lowest BCUT2D eigenvalue weighted by Crippen LogP contribution is -2.79. The van der Waals surface area contributed by atoms with Gasteiger partial charge in [-0.2, -0.15) is 0 Å². The number of benzene rings is 1. The van der Waals surface area contributed by atoms with E-state index in [2.05, 4.69) is 13.5 Å². The fraction of sp³-hybridized carbons (Fsp3) is 0.759. The Morgan fingerprint density at radius 3 is 1.80 bits per heavy atom. The summed E-state index contributed by atoms with van der Waals surface area (Å²) in [6.45, 7) is 26.5. The fourth-order valence-corrected chi connectivity index (χ4v) is 8.69. The molecule has 0 spiro atoms. The normalized spacial score (nSPS) is 24.5. The van der Waals surface area contributed by atoms with Crippen LogP contribution in [-0.4, -0.2) is 113 Å². The number of ether oxygens (including phenoxy) is 10. The summed E-state index contributed by atoms with van der Waals surface area (Å²) in [6, 6.07) is 9.60. The molecule has 16 nitrogen and oxygen atoms in total. The summed E-state index contributed by atoms with van der Waals surface area (Å²) in [5, 5.41) is 13.4. The highest BCUT2D eigenvalue weighted by molar-refractivity contribution is 6.00. The predicted molar refractivity (Wildman–Crippen MR) is 261 cm³/mol. The molecule has 2 aliphatic heterocycles. The summed E-state index contributed by atoms with van der Waals surface area (Å²) in [4.78, 5) is 71.9. The summed E-state index contributed by atoms with van der Waals surface area (Å²) in [6.07, 6.45) is 1.69. The maximum Gasteiger partial charge on any atom is 0.508 e. The van der Waals surface area contributed by atoms with Crippen LogP contribution in [0.25, 0.3) is 0 Å². The third kappa shape index (κ3) is 16.5. The monoisotopic (exact) mass is 991 g/mol. The van der Waals surface area contributed by atoms with Gasteiger partial charge in [-0.25, -0.2) is 19.2 Å². The maximum atomic E-state index is 15.4. The molecule has 2 fully saturated rings. The number of methoxy groups -OCH3 is 1. The summed E-state index contributed by atoms with van der Waals surface area (Å²) < 4.78 is 61.1. The Kier molecular flexibility index (Phi) is 21.5. The molecule has 398 valence electrons. The third-order valence-corrected chi connectivity index (χ3v) is 12.0. The largest absolute Gasteiger partial charge is 0.508 e. The number of aliphatic hydroxyl groups is 1. The van der Waals surface area contributed by atoms with E-state index >= 15 is 4.79 Å². The number of hydrogen-bond donors (Lipinski definition) is 1. The zero-order valence-corrected chi connectivity index (χ0v) is 45.0. The van der Waals surface area contributed by atoms with E-state index in [9.17, 15) is 24.3 Å². The number of carbonyl (C=O) groups is 5. The lowest BCUT2D eigenvalue weighted by Gasteiger charge is -2.51. The number of fused-ring (bicyclic) bond motifs is 2. The van der Waals surface area contributed by atoms with Crippen molar-refractivity contribution in [1.29, 1.82) is 0 Å². The van der Waals surface area contributed by atoms with Crippen LogP contribution in [0, 0.1) is 5.92 Å². The Morgan fingerprint density at radius 2 is 1.29 bits per heavy atom. The SMILES string of the molecule is C=C(CC[C@@]12O[C@H](C(=O)OC(C)(C)C)[C@@](O)(C(=O)OC(C)(C)C)[C@@](C(=O)OC(C)(C)C)(O1)[C@H](OC(=O)OCCCCCCCCCCCC)[C@H]2OC(C)(C)OC)C(OC(C)=O)C(C)Cc1ccccc1. The maximum absolute atomic E-state index is 15.4. The second kappa shape index (κ2) is 25.0. The first-order chi connectivity index (χ1) is 32.4. The van der Waals surface area contributed by atoms with Gasteiger partial charge in [0.25, 0.3) is 5.60 Å². The second-order valence-corrected chi connectivity index (χ2v) is 22.3. The molecule has 2 aliphatic rings. The van der Waals surface area contributed by atoms with E-state index in [1.807, 2.05) is 37.3 Å².